The third kappa shape index (κ3) is 11.6. The molecule has 2 fully saturated rings. The second kappa shape index (κ2) is 18.8. The largest absolute Gasteiger partial charge is 0.480 e. The number of carbonyl (C=O) groups excluding carboxylic acids is 6. The summed E-state index contributed by atoms with van der Waals surface area (Å²) in [5, 5.41) is 19.8. The minimum atomic E-state index is -1.24. The molecule has 18 heteroatoms. The number of carboxylic acid groups (broad SMARTS) is 1. The summed E-state index contributed by atoms with van der Waals surface area (Å²) in [6, 6.07) is -4.75. The fraction of sp³-hybridized carbons (Fsp3) is 0.733. The Morgan fingerprint density at radius 2 is 1.29 bits per heavy atom. The summed E-state index contributed by atoms with van der Waals surface area (Å²) in [6.45, 7) is 6.99. The molecule has 0 aromatic heterocycles. The monoisotopic (exact) mass is 680 g/mol. The van der Waals surface area contributed by atoms with Crippen LogP contribution in [0.25, 0.3) is 0 Å². The minimum Gasteiger partial charge on any atom is -0.480 e. The van der Waals surface area contributed by atoms with Gasteiger partial charge < -0.3 is 53.4 Å². The summed E-state index contributed by atoms with van der Waals surface area (Å²) >= 11 is 0. The van der Waals surface area contributed by atoms with Crippen LogP contribution in [0.4, 0.5) is 0 Å². The molecule has 0 unspecified atom stereocenters. The molecular weight excluding hydrogens is 628 g/mol. The van der Waals surface area contributed by atoms with Crippen LogP contribution in [0.1, 0.15) is 66.2 Å². The van der Waals surface area contributed by atoms with Gasteiger partial charge in [0, 0.05) is 19.6 Å². The molecule has 48 heavy (non-hydrogen) atoms. The Morgan fingerprint density at radius 1 is 0.792 bits per heavy atom. The summed E-state index contributed by atoms with van der Waals surface area (Å²) in [5.74, 6) is -5.08. The maximum atomic E-state index is 13.3. The number of aliphatic carboxylic acids is 1. The normalized spacial score (nSPS) is 19.3. The number of likely N-dealkylation sites (tertiary alicyclic amines) is 2. The van der Waals surface area contributed by atoms with Crippen LogP contribution < -0.4 is 38.5 Å². The highest BCUT2D eigenvalue weighted by atomic mass is 16.4. The van der Waals surface area contributed by atoms with Crippen LogP contribution in [0.5, 0.6) is 0 Å². The average molecular weight is 681 g/mol. The van der Waals surface area contributed by atoms with E-state index in [1.54, 1.807) is 27.7 Å². The van der Waals surface area contributed by atoms with Crippen LogP contribution in [0.2, 0.25) is 0 Å². The number of carbonyl (C=O) groups is 7. The van der Waals surface area contributed by atoms with Crippen molar-refractivity contribution in [2.24, 2.45) is 34.0 Å². The third-order valence-corrected chi connectivity index (χ3v) is 8.41. The Bertz CT molecular complexity index is 1220. The molecule has 2 rings (SSSR count). The van der Waals surface area contributed by atoms with Gasteiger partial charge in [-0.05, 0) is 50.4 Å². The number of amides is 6. The van der Waals surface area contributed by atoms with E-state index in [0.717, 1.165) is 0 Å². The Labute approximate surface area is 280 Å². The lowest BCUT2D eigenvalue weighted by Crippen LogP contribution is -2.57. The molecule has 2 aliphatic heterocycles. The predicted octanol–water partition coefficient (Wildman–Crippen LogP) is -3.05. The van der Waals surface area contributed by atoms with E-state index in [4.69, 9.17) is 17.2 Å². The van der Waals surface area contributed by atoms with Gasteiger partial charge in [0.2, 0.25) is 35.4 Å². The summed E-state index contributed by atoms with van der Waals surface area (Å²) in [4.78, 5) is 95.7. The van der Waals surface area contributed by atoms with Crippen LogP contribution in [-0.2, 0) is 33.6 Å². The van der Waals surface area contributed by atoms with Gasteiger partial charge in [-0.3, -0.25) is 33.8 Å². The predicted molar refractivity (Wildman–Crippen MR) is 175 cm³/mol. The van der Waals surface area contributed by atoms with E-state index in [-0.39, 0.29) is 43.9 Å². The fourth-order valence-corrected chi connectivity index (χ4v) is 5.55. The van der Waals surface area contributed by atoms with Crippen LogP contribution in [-0.4, -0.2) is 125 Å². The number of aliphatic imine (C=N–C) groups is 1. The number of rotatable bonds is 17. The Kier molecular flexibility index (Phi) is 15.5. The van der Waals surface area contributed by atoms with Crippen molar-refractivity contribution in [1.82, 2.24) is 31.1 Å². The number of nitrogens with one attached hydrogen (secondary N) is 4. The minimum absolute atomic E-state index is 0.0766. The van der Waals surface area contributed by atoms with Gasteiger partial charge in [0.05, 0.1) is 19.1 Å². The van der Waals surface area contributed by atoms with Crippen molar-refractivity contribution in [1.29, 1.82) is 0 Å². The van der Waals surface area contributed by atoms with Crippen molar-refractivity contribution >= 4 is 47.4 Å². The van der Waals surface area contributed by atoms with Crippen molar-refractivity contribution in [2.75, 3.05) is 32.7 Å². The summed E-state index contributed by atoms with van der Waals surface area (Å²) in [5.41, 5.74) is 16.4. The Morgan fingerprint density at radius 3 is 1.75 bits per heavy atom. The van der Waals surface area contributed by atoms with Gasteiger partial charge in [-0.1, -0.05) is 27.7 Å². The molecule has 270 valence electrons. The molecule has 18 nitrogen and oxygen atoms in total. The van der Waals surface area contributed by atoms with E-state index in [9.17, 15) is 38.7 Å². The zero-order valence-electron chi connectivity index (χ0n) is 28.2. The highest BCUT2D eigenvalue weighted by molar-refractivity contribution is 5.96. The van der Waals surface area contributed by atoms with Crippen molar-refractivity contribution < 1.29 is 38.7 Å². The lowest BCUT2D eigenvalue weighted by molar-refractivity contribution is -0.144. The quantitative estimate of drug-likeness (QED) is 0.0434. The van der Waals surface area contributed by atoms with Gasteiger partial charge >= 0.3 is 5.97 Å². The maximum Gasteiger partial charge on any atom is 0.326 e. The van der Waals surface area contributed by atoms with Gasteiger partial charge in [-0.2, -0.15) is 0 Å². The molecule has 6 amide bonds. The molecule has 0 aromatic carbocycles. The molecule has 0 bridgehead atoms. The fourth-order valence-electron chi connectivity index (χ4n) is 5.55. The molecule has 0 aromatic rings. The molecule has 5 atom stereocenters. The van der Waals surface area contributed by atoms with Crippen molar-refractivity contribution in [3.8, 4) is 0 Å². The second-order valence-corrected chi connectivity index (χ2v) is 12.8. The number of carboxylic acids is 1. The molecule has 0 saturated carbocycles. The van der Waals surface area contributed by atoms with Crippen molar-refractivity contribution in [2.45, 2.75) is 96.4 Å². The van der Waals surface area contributed by atoms with Crippen molar-refractivity contribution in [3.05, 3.63) is 0 Å². The third-order valence-electron chi connectivity index (χ3n) is 8.41. The van der Waals surface area contributed by atoms with E-state index >= 15 is 0 Å². The SMILES string of the molecule is CC(C)[C@H](N)C(=O)NCC(=O)N1CCC[C@H]1C(=O)N[C@H](C(=O)NCC(=O)N1CCC[C@H]1C(=O)N[C@@H](CCCN=C(N)N)C(=O)O)C(C)C. The molecular formula is C30H52N10O8. The van der Waals surface area contributed by atoms with Crippen LogP contribution in [0, 0.1) is 11.8 Å². The summed E-state index contributed by atoms with van der Waals surface area (Å²) in [6.07, 6.45) is 2.15. The first kappa shape index (κ1) is 39.7. The van der Waals surface area contributed by atoms with Gasteiger partial charge in [0.15, 0.2) is 5.96 Å². The first-order chi connectivity index (χ1) is 22.5. The lowest BCUT2D eigenvalue weighted by atomic mass is 10.0. The molecule has 0 radical (unpaired) electrons. The number of nitrogens with zero attached hydrogens (tertiary/aromatic N) is 3. The number of hydrogen-bond acceptors (Lipinski definition) is 9. The summed E-state index contributed by atoms with van der Waals surface area (Å²) < 4.78 is 0. The van der Waals surface area contributed by atoms with Gasteiger partial charge in [-0.15, -0.1) is 0 Å². The highest BCUT2D eigenvalue weighted by Gasteiger charge is 2.38. The van der Waals surface area contributed by atoms with Crippen LogP contribution in [0.15, 0.2) is 4.99 Å². The van der Waals surface area contributed by atoms with E-state index < -0.39 is 78.2 Å². The van der Waals surface area contributed by atoms with E-state index in [0.29, 0.717) is 38.6 Å². The zero-order chi connectivity index (χ0) is 36.1. The smallest absolute Gasteiger partial charge is 0.326 e. The molecule has 0 spiro atoms. The highest BCUT2D eigenvalue weighted by Crippen LogP contribution is 2.19. The number of nitrogens with two attached hydrogens (primary N) is 3. The number of hydrogen-bond donors (Lipinski definition) is 8. The van der Waals surface area contributed by atoms with E-state index in [1.807, 2.05) is 0 Å². The van der Waals surface area contributed by atoms with Gasteiger partial charge in [0.1, 0.15) is 24.2 Å². The van der Waals surface area contributed by atoms with E-state index in [2.05, 4.69) is 26.3 Å². The second-order valence-electron chi connectivity index (χ2n) is 12.8. The van der Waals surface area contributed by atoms with Crippen LogP contribution in [0.3, 0.4) is 0 Å². The lowest BCUT2D eigenvalue weighted by Gasteiger charge is -2.28. The van der Waals surface area contributed by atoms with E-state index in [1.165, 1.54) is 9.80 Å². The number of guanidine groups is 1. The molecule has 11 N–H and O–H groups in total. The first-order valence-electron chi connectivity index (χ1n) is 16.3. The molecule has 0 aliphatic carbocycles. The molecule has 2 saturated heterocycles. The molecule has 2 heterocycles. The van der Waals surface area contributed by atoms with Gasteiger partial charge in [0.25, 0.3) is 0 Å². The van der Waals surface area contributed by atoms with Crippen LogP contribution >= 0.6 is 0 Å². The van der Waals surface area contributed by atoms with Crippen molar-refractivity contribution in [3.63, 3.8) is 0 Å². The maximum absolute atomic E-state index is 13.3. The van der Waals surface area contributed by atoms with Gasteiger partial charge in [-0.25, -0.2) is 4.79 Å². The topological polar surface area (TPSA) is 285 Å². The first-order valence-corrected chi connectivity index (χ1v) is 16.3. The summed E-state index contributed by atoms with van der Waals surface area (Å²) in [7, 11) is 0. The Balaban J connectivity index is 1.94. The Hall–Kier alpha value is -4.48. The molecule has 2 aliphatic rings. The zero-order valence-corrected chi connectivity index (χ0v) is 28.2. The average Bonchev–Trinajstić information content (AvgIpc) is 3.72. The standard InChI is InChI=1S/C30H52N10O8/c1-16(2)23(31)27(45)35-14-21(41)40-13-7-10-20(40)26(44)38-24(17(3)4)28(46)36-15-22(42)39-12-6-9-19(39)25(43)37-18(29(47)48)8-5-11-34-30(32)33/h16-20,23-24H,5-15,31H2,1-4H3,(H,35,45)(H,36,46)(H,37,43)(H,38,44)(H,47,48)(H4,32,33,34)/t18-,19-,20-,23-,24-/m0/s1.